The minimum Gasteiger partial charge on any atom is -0.497 e. The summed E-state index contributed by atoms with van der Waals surface area (Å²) in [7, 11) is 5.20. The Hall–Kier alpha value is -3.70. The number of rotatable bonds is 6. The number of hydrogen-bond acceptors (Lipinski definition) is 6. The van der Waals surface area contributed by atoms with Gasteiger partial charge < -0.3 is 14.4 Å². The van der Waals surface area contributed by atoms with Crippen LogP contribution in [0.25, 0.3) is 22.2 Å². The van der Waals surface area contributed by atoms with E-state index in [2.05, 4.69) is 38.7 Å². The van der Waals surface area contributed by atoms with Crippen LogP contribution in [0.4, 0.5) is 11.5 Å². The van der Waals surface area contributed by atoms with E-state index >= 15 is 0 Å². The summed E-state index contributed by atoms with van der Waals surface area (Å²) in [5.41, 5.74) is 4.47. The first-order valence-electron chi connectivity index (χ1n) is 10.3. The fourth-order valence-electron chi connectivity index (χ4n) is 3.38. The van der Waals surface area contributed by atoms with Crippen LogP contribution in [0.3, 0.4) is 0 Å². The lowest BCUT2D eigenvalue weighted by Gasteiger charge is -2.23. The van der Waals surface area contributed by atoms with Crippen molar-refractivity contribution in [3.05, 3.63) is 55.0 Å². The number of aryl methyl sites for hydroxylation is 1. The molecule has 0 aliphatic heterocycles. The molecule has 7 nitrogen and oxygen atoms in total. The van der Waals surface area contributed by atoms with Crippen LogP contribution in [0.5, 0.6) is 11.5 Å². The molecule has 0 aliphatic carbocycles. The molecular weight excluding hydrogens is 434 g/mol. The predicted molar refractivity (Wildman–Crippen MR) is 135 cm³/mol. The van der Waals surface area contributed by atoms with Gasteiger partial charge in [-0.3, -0.25) is 9.67 Å². The van der Waals surface area contributed by atoms with Crippen molar-refractivity contribution in [1.82, 2.24) is 19.7 Å². The van der Waals surface area contributed by atoms with Crippen LogP contribution in [-0.4, -0.2) is 53.0 Å². The Balaban J connectivity index is 1.80. The number of pyridine rings is 2. The monoisotopic (exact) mass is 460 g/mol. The highest BCUT2D eigenvalue weighted by atomic mass is 32.2. The Morgan fingerprint density at radius 2 is 1.73 bits per heavy atom. The standard InChI is InChI=1S/C25H26N5O2S/c1-29-17-19(16-27-29)18-11-24-23(26-15-18)7-8-25(28-24)30(9-6-10-33(4)5)20-12-21(31-2)14-22(13-20)32-3/h7-8,11-17H,9H2,1-5H3/q+1. The molecular formula is C25H26N5O2S+. The molecule has 0 aliphatic rings. The number of ether oxygens (including phenoxy) is 2. The van der Waals surface area contributed by atoms with Gasteiger partial charge in [-0.2, -0.15) is 5.10 Å². The summed E-state index contributed by atoms with van der Waals surface area (Å²) in [6, 6.07) is 11.7. The Morgan fingerprint density at radius 3 is 2.36 bits per heavy atom. The number of aromatic nitrogens is 4. The van der Waals surface area contributed by atoms with Crippen molar-refractivity contribution in [2.45, 2.75) is 0 Å². The Bertz CT molecular complexity index is 1320. The van der Waals surface area contributed by atoms with Gasteiger partial charge >= 0.3 is 0 Å². The lowest BCUT2D eigenvalue weighted by Crippen LogP contribution is -2.19. The maximum Gasteiger partial charge on any atom is 0.153 e. The smallest absolute Gasteiger partial charge is 0.153 e. The summed E-state index contributed by atoms with van der Waals surface area (Å²) >= 11 is 0. The number of fused-ring (bicyclic) bond motifs is 1. The SMILES string of the molecule is COc1cc(OC)cc(N(CC#C[S+](C)C)c2ccc3ncc(-c4cnn(C)c4)cc3n2)c1. The van der Waals surface area contributed by atoms with E-state index < -0.39 is 0 Å². The van der Waals surface area contributed by atoms with Gasteiger partial charge in [0.15, 0.2) is 5.25 Å². The van der Waals surface area contributed by atoms with E-state index in [9.17, 15) is 0 Å². The third-order valence-corrected chi connectivity index (χ3v) is 5.55. The Kier molecular flexibility index (Phi) is 6.71. The topological polar surface area (TPSA) is 65.3 Å². The highest BCUT2D eigenvalue weighted by Gasteiger charge is 2.15. The van der Waals surface area contributed by atoms with Crippen molar-refractivity contribution in [3.8, 4) is 33.8 Å². The molecule has 0 bridgehead atoms. The van der Waals surface area contributed by atoms with Crippen molar-refractivity contribution >= 4 is 33.4 Å². The first-order valence-corrected chi connectivity index (χ1v) is 12.3. The van der Waals surface area contributed by atoms with Crippen molar-refractivity contribution in [3.63, 3.8) is 0 Å². The van der Waals surface area contributed by atoms with E-state index in [4.69, 9.17) is 14.5 Å². The summed E-state index contributed by atoms with van der Waals surface area (Å²) in [5.74, 6) is 5.46. The molecule has 4 aromatic rings. The van der Waals surface area contributed by atoms with Gasteiger partial charge in [0.1, 0.15) is 29.8 Å². The second kappa shape index (κ2) is 9.84. The van der Waals surface area contributed by atoms with E-state index in [1.807, 2.05) is 62.0 Å². The van der Waals surface area contributed by atoms with Crippen LogP contribution in [0, 0.1) is 11.2 Å². The molecule has 0 saturated carbocycles. The number of hydrogen-bond donors (Lipinski definition) is 0. The summed E-state index contributed by atoms with van der Waals surface area (Å²) in [6.45, 7) is 0.482. The van der Waals surface area contributed by atoms with Gasteiger partial charge in [0.05, 0.1) is 54.6 Å². The van der Waals surface area contributed by atoms with Crippen LogP contribution in [-0.2, 0) is 17.9 Å². The molecule has 3 heterocycles. The minimum atomic E-state index is 0.0232. The zero-order chi connectivity index (χ0) is 23.4. The molecule has 0 saturated heterocycles. The average Bonchev–Trinajstić information content (AvgIpc) is 3.26. The van der Waals surface area contributed by atoms with Crippen molar-refractivity contribution < 1.29 is 9.47 Å². The van der Waals surface area contributed by atoms with E-state index in [1.54, 1.807) is 18.9 Å². The zero-order valence-electron chi connectivity index (χ0n) is 19.4. The molecule has 8 heteroatoms. The van der Waals surface area contributed by atoms with Crippen LogP contribution < -0.4 is 14.4 Å². The average molecular weight is 461 g/mol. The largest absolute Gasteiger partial charge is 0.497 e. The summed E-state index contributed by atoms with van der Waals surface area (Å²) < 4.78 is 12.7. The first kappa shape index (κ1) is 22.5. The minimum absolute atomic E-state index is 0.0232. The van der Waals surface area contributed by atoms with Gasteiger partial charge in [-0.1, -0.05) is 0 Å². The van der Waals surface area contributed by atoms with Crippen molar-refractivity contribution in [2.24, 2.45) is 7.05 Å². The quantitative estimate of drug-likeness (QED) is 0.320. The van der Waals surface area contributed by atoms with Gasteiger partial charge in [0.25, 0.3) is 0 Å². The first-order chi connectivity index (χ1) is 16.0. The molecule has 0 radical (unpaired) electrons. The molecule has 0 atom stereocenters. The molecule has 3 aromatic heterocycles. The Labute approximate surface area is 196 Å². The fraction of sp³-hybridized carbons (Fsp3) is 0.240. The molecule has 0 amide bonds. The van der Waals surface area contributed by atoms with Crippen LogP contribution >= 0.6 is 0 Å². The maximum absolute atomic E-state index is 5.48. The second-order valence-electron chi connectivity index (χ2n) is 7.59. The predicted octanol–water partition coefficient (Wildman–Crippen LogP) is 4.02. The Morgan fingerprint density at radius 1 is 0.970 bits per heavy atom. The summed E-state index contributed by atoms with van der Waals surface area (Å²) in [4.78, 5) is 11.6. The fourth-order valence-corrected chi connectivity index (χ4v) is 3.74. The molecule has 1 aromatic carbocycles. The highest BCUT2D eigenvalue weighted by molar-refractivity contribution is 8.00. The van der Waals surface area contributed by atoms with E-state index in [1.165, 1.54) is 0 Å². The van der Waals surface area contributed by atoms with Crippen molar-refractivity contribution in [1.29, 1.82) is 0 Å². The van der Waals surface area contributed by atoms with E-state index in [-0.39, 0.29) is 10.9 Å². The van der Waals surface area contributed by atoms with Gasteiger partial charge in [0.2, 0.25) is 0 Å². The molecule has 4 rings (SSSR count). The normalized spacial score (nSPS) is 10.7. The van der Waals surface area contributed by atoms with Gasteiger partial charge in [-0.15, -0.1) is 0 Å². The van der Waals surface area contributed by atoms with Crippen LogP contribution in [0.2, 0.25) is 0 Å². The molecule has 0 fully saturated rings. The molecule has 168 valence electrons. The van der Waals surface area contributed by atoms with Gasteiger partial charge in [-0.05, 0) is 24.1 Å². The van der Waals surface area contributed by atoms with Crippen molar-refractivity contribution in [2.75, 3.05) is 38.2 Å². The third-order valence-electron chi connectivity index (χ3n) is 5.00. The van der Waals surface area contributed by atoms with E-state index in [0.717, 1.165) is 33.7 Å². The number of methoxy groups -OCH3 is 2. The van der Waals surface area contributed by atoms with E-state index in [0.29, 0.717) is 18.0 Å². The van der Waals surface area contributed by atoms with Crippen LogP contribution in [0.1, 0.15) is 0 Å². The summed E-state index contributed by atoms with van der Waals surface area (Å²) in [5, 5.41) is 7.53. The second-order valence-corrected chi connectivity index (χ2v) is 9.42. The maximum atomic E-state index is 5.48. The zero-order valence-corrected chi connectivity index (χ0v) is 20.2. The summed E-state index contributed by atoms with van der Waals surface area (Å²) in [6.07, 6.45) is 9.84. The molecule has 33 heavy (non-hydrogen) atoms. The molecule has 0 spiro atoms. The highest BCUT2D eigenvalue weighted by Crippen LogP contribution is 2.33. The van der Waals surface area contributed by atoms with Gasteiger partial charge in [-0.25, -0.2) is 4.98 Å². The lowest BCUT2D eigenvalue weighted by atomic mass is 10.1. The van der Waals surface area contributed by atoms with Crippen LogP contribution in [0.15, 0.2) is 55.0 Å². The number of nitrogens with zero attached hydrogens (tertiary/aromatic N) is 5. The third kappa shape index (κ3) is 5.21. The lowest BCUT2D eigenvalue weighted by molar-refractivity contribution is 0.394. The molecule has 0 N–H and O–H groups in total. The van der Waals surface area contributed by atoms with Gasteiger partial charge in [0, 0.05) is 48.8 Å². The molecule has 0 unspecified atom stereocenters. The number of benzene rings is 1. The number of anilines is 2.